The fourth-order valence-electron chi connectivity index (χ4n) is 5.08. The Balaban J connectivity index is 1.60. The van der Waals surface area contributed by atoms with Crippen LogP contribution in [0.4, 0.5) is 13.2 Å². The number of alkyl halides is 3. The summed E-state index contributed by atoms with van der Waals surface area (Å²) < 4.78 is 46.6. The number of fused-ring (bicyclic) bond motifs is 2. The largest absolute Gasteiger partial charge is 0.416 e. The predicted molar refractivity (Wildman–Crippen MR) is 92.6 cm³/mol. The van der Waals surface area contributed by atoms with E-state index < -0.39 is 11.7 Å². The van der Waals surface area contributed by atoms with Crippen molar-refractivity contribution in [3.63, 3.8) is 0 Å². The minimum Gasteiger partial charge on any atom is -0.377 e. The van der Waals surface area contributed by atoms with Gasteiger partial charge in [-0.05, 0) is 31.7 Å². The van der Waals surface area contributed by atoms with Gasteiger partial charge in [-0.3, -0.25) is 4.90 Å². The third-order valence-corrected chi connectivity index (χ3v) is 6.21. The Labute approximate surface area is 150 Å². The summed E-state index contributed by atoms with van der Waals surface area (Å²) in [5.41, 5.74) is 0.523. The topological polar surface area (TPSA) is 30.3 Å². The summed E-state index contributed by atoms with van der Waals surface area (Å²) in [5.74, 6) is 1.31. The average molecular weight is 367 g/mol. The molecule has 0 spiro atoms. The summed E-state index contributed by atoms with van der Waals surface area (Å²) in [7, 11) is 3.93. The van der Waals surface area contributed by atoms with Crippen molar-refractivity contribution in [2.45, 2.75) is 45.1 Å². The van der Waals surface area contributed by atoms with Gasteiger partial charge >= 0.3 is 6.18 Å². The molecule has 1 aromatic heterocycles. The van der Waals surface area contributed by atoms with E-state index >= 15 is 0 Å². The van der Waals surface area contributed by atoms with Gasteiger partial charge in [-0.2, -0.15) is 13.2 Å². The molecule has 0 radical (unpaired) electrons. The monoisotopic (exact) mass is 367 g/mol. The Bertz CT molecular complexity index is 842. The molecule has 3 atom stereocenters. The van der Waals surface area contributed by atoms with Crippen LogP contribution >= 0.6 is 0 Å². The van der Waals surface area contributed by atoms with Crippen molar-refractivity contribution >= 4 is 11.0 Å². The lowest BCUT2D eigenvalue weighted by Gasteiger charge is -2.57. The lowest BCUT2D eigenvalue weighted by molar-refractivity contribution is -0.152. The van der Waals surface area contributed by atoms with E-state index in [1.807, 2.05) is 11.6 Å². The van der Waals surface area contributed by atoms with Gasteiger partial charge in [-0.1, -0.05) is 13.8 Å². The van der Waals surface area contributed by atoms with Crippen LogP contribution in [0.25, 0.3) is 11.0 Å². The lowest BCUT2D eigenvalue weighted by atomic mass is 9.57. The molecule has 2 aliphatic rings. The van der Waals surface area contributed by atoms with Crippen LogP contribution in [0.3, 0.4) is 0 Å². The van der Waals surface area contributed by atoms with Crippen LogP contribution < -0.4 is 0 Å². The number of benzene rings is 1. The molecule has 7 heteroatoms. The second kappa shape index (κ2) is 5.70. The number of rotatable bonds is 3. The molecule has 3 unspecified atom stereocenters. The summed E-state index contributed by atoms with van der Waals surface area (Å²) in [6.07, 6.45) is -2.97. The molecule has 4 rings (SSSR count). The number of ether oxygens (including phenoxy) is 1. The number of aromatic nitrogens is 2. The molecule has 0 bridgehead atoms. The SMILES string of the molecule is CN(Cc1nc2cc(C(F)(F)F)ccc2n1C)C1C2CCOC2C1(C)C. The summed E-state index contributed by atoms with van der Waals surface area (Å²) in [6.45, 7) is 5.87. The highest BCUT2D eigenvalue weighted by atomic mass is 19.4. The fraction of sp³-hybridized carbons (Fsp3) is 0.632. The molecule has 26 heavy (non-hydrogen) atoms. The van der Waals surface area contributed by atoms with Gasteiger partial charge in [0.1, 0.15) is 5.82 Å². The summed E-state index contributed by atoms with van der Waals surface area (Å²) >= 11 is 0. The van der Waals surface area contributed by atoms with Crippen molar-refractivity contribution in [1.29, 1.82) is 0 Å². The molecule has 0 N–H and O–H groups in total. The molecule has 1 saturated heterocycles. The number of aryl methyl sites for hydroxylation is 1. The third kappa shape index (κ3) is 2.55. The van der Waals surface area contributed by atoms with Gasteiger partial charge in [0.05, 0.1) is 29.2 Å². The first-order chi connectivity index (χ1) is 12.1. The third-order valence-electron chi connectivity index (χ3n) is 6.21. The highest BCUT2D eigenvalue weighted by molar-refractivity contribution is 5.77. The first-order valence-electron chi connectivity index (χ1n) is 8.95. The Hall–Kier alpha value is -1.60. The number of hydrogen-bond acceptors (Lipinski definition) is 3. The molecule has 1 aliphatic heterocycles. The van der Waals surface area contributed by atoms with Crippen LogP contribution in [0.15, 0.2) is 18.2 Å². The van der Waals surface area contributed by atoms with Crippen molar-refractivity contribution in [1.82, 2.24) is 14.5 Å². The fourth-order valence-corrected chi connectivity index (χ4v) is 5.08. The standard InChI is InChI=1S/C19H24F3N3O/c1-18(2)16(12-7-8-26-17(12)18)24(3)10-15-23-13-9-11(19(20,21)22)5-6-14(13)25(15)4/h5-6,9,12,16-17H,7-8,10H2,1-4H3. The van der Waals surface area contributed by atoms with E-state index in [9.17, 15) is 13.2 Å². The minimum absolute atomic E-state index is 0.0734. The smallest absolute Gasteiger partial charge is 0.377 e. The Kier molecular flexibility index (Phi) is 3.90. The quantitative estimate of drug-likeness (QED) is 0.826. The van der Waals surface area contributed by atoms with Crippen molar-refractivity contribution < 1.29 is 17.9 Å². The molecule has 1 saturated carbocycles. The summed E-state index contributed by atoms with van der Waals surface area (Å²) in [4.78, 5) is 6.77. The molecule has 2 heterocycles. The molecule has 1 aromatic carbocycles. The Morgan fingerprint density at radius 2 is 2.08 bits per heavy atom. The highest BCUT2D eigenvalue weighted by Gasteiger charge is 2.60. The minimum atomic E-state index is -4.35. The van der Waals surface area contributed by atoms with Gasteiger partial charge in [0.2, 0.25) is 0 Å². The number of imidazole rings is 1. The molecular formula is C19H24F3N3O. The van der Waals surface area contributed by atoms with Crippen molar-refractivity contribution in [2.75, 3.05) is 13.7 Å². The van der Waals surface area contributed by atoms with E-state index in [0.29, 0.717) is 30.1 Å². The van der Waals surface area contributed by atoms with E-state index in [4.69, 9.17) is 4.74 Å². The molecule has 4 nitrogen and oxygen atoms in total. The second-order valence-corrected chi connectivity index (χ2v) is 8.21. The lowest BCUT2D eigenvalue weighted by Crippen LogP contribution is -2.65. The second-order valence-electron chi connectivity index (χ2n) is 8.21. The molecular weight excluding hydrogens is 343 g/mol. The van der Waals surface area contributed by atoms with Crippen LogP contribution in [0.5, 0.6) is 0 Å². The van der Waals surface area contributed by atoms with Gasteiger partial charge in [-0.15, -0.1) is 0 Å². The zero-order chi connectivity index (χ0) is 18.9. The normalized spacial score (nSPS) is 27.8. The Morgan fingerprint density at radius 3 is 2.77 bits per heavy atom. The average Bonchev–Trinajstić information content (AvgIpc) is 3.10. The van der Waals surface area contributed by atoms with Crippen LogP contribution in [0.1, 0.15) is 31.7 Å². The van der Waals surface area contributed by atoms with Gasteiger partial charge in [0, 0.05) is 31.0 Å². The van der Waals surface area contributed by atoms with Crippen LogP contribution in [-0.4, -0.2) is 40.3 Å². The van der Waals surface area contributed by atoms with E-state index in [2.05, 4.69) is 30.8 Å². The molecule has 1 aliphatic carbocycles. The summed E-state index contributed by atoms with van der Waals surface area (Å²) in [5, 5.41) is 0. The van der Waals surface area contributed by atoms with E-state index in [1.54, 1.807) is 0 Å². The van der Waals surface area contributed by atoms with Gasteiger partial charge in [0.25, 0.3) is 0 Å². The van der Waals surface area contributed by atoms with Crippen molar-refractivity contribution in [3.8, 4) is 0 Å². The predicted octanol–water partition coefficient (Wildman–Crippen LogP) is 3.84. The maximum absolute atomic E-state index is 12.9. The van der Waals surface area contributed by atoms with Crippen LogP contribution in [0, 0.1) is 11.3 Å². The number of hydrogen-bond donors (Lipinski definition) is 0. The number of halogens is 3. The number of nitrogens with zero attached hydrogens (tertiary/aromatic N) is 3. The highest BCUT2D eigenvalue weighted by Crippen LogP contribution is 2.54. The first kappa shape index (κ1) is 17.8. The summed E-state index contributed by atoms with van der Waals surface area (Å²) in [6, 6.07) is 4.14. The van der Waals surface area contributed by atoms with Crippen LogP contribution in [-0.2, 0) is 24.5 Å². The maximum Gasteiger partial charge on any atom is 0.416 e. The zero-order valence-corrected chi connectivity index (χ0v) is 15.5. The van der Waals surface area contributed by atoms with E-state index in [0.717, 1.165) is 36.5 Å². The van der Waals surface area contributed by atoms with E-state index in [-0.39, 0.29) is 5.41 Å². The molecule has 2 fully saturated rings. The van der Waals surface area contributed by atoms with Crippen LogP contribution in [0.2, 0.25) is 0 Å². The molecule has 0 amide bonds. The molecule has 2 aromatic rings. The Morgan fingerprint density at radius 1 is 1.35 bits per heavy atom. The van der Waals surface area contributed by atoms with Gasteiger partial charge in [-0.25, -0.2) is 4.98 Å². The van der Waals surface area contributed by atoms with Gasteiger partial charge < -0.3 is 9.30 Å². The van der Waals surface area contributed by atoms with Crippen molar-refractivity contribution in [2.24, 2.45) is 18.4 Å². The molecule has 142 valence electrons. The van der Waals surface area contributed by atoms with Crippen molar-refractivity contribution in [3.05, 3.63) is 29.6 Å². The first-order valence-corrected chi connectivity index (χ1v) is 8.95. The van der Waals surface area contributed by atoms with Gasteiger partial charge in [0.15, 0.2) is 0 Å². The zero-order valence-electron chi connectivity index (χ0n) is 15.5. The van der Waals surface area contributed by atoms with E-state index in [1.165, 1.54) is 6.07 Å². The maximum atomic E-state index is 12.9.